The normalized spacial score (nSPS) is 12.4. The fourth-order valence-corrected chi connectivity index (χ4v) is 2.00. The van der Waals surface area contributed by atoms with Crippen LogP contribution in [-0.4, -0.2) is 21.4 Å². The molecule has 3 N–H and O–H groups in total. The number of hydrazine groups is 1. The summed E-state index contributed by atoms with van der Waals surface area (Å²) >= 11 is 0. The number of hydrogen-bond acceptors (Lipinski definition) is 5. The van der Waals surface area contributed by atoms with E-state index in [2.05, 4.69) is 15.5 Å². The zero-order valence-electron chi connectivity index (χ0n) is 11.4. The third-order valence-corrected chi connectivity index (χ3v) is 3.13. The van der Waals surface area contributed by atoms with Crippen molar-refractivity contribution < 1.29 is 4.74 Å². The highest BCUT2D eigenvalue weighted by molar-refractivity contribution is 5.34. The molecule has 102 valence electrons. The quantitative estimate of drug-likeness (QED) is 0.622. The molecule has 6 nitrogen and oxygen atoms in total. The van der Waals surface area contributed by atoms with Crippen LogP contribution >= 0.6 is 0 Å². The Morgan fingerprint density at radius 1 is 1.42 bits per heavy atom. The Morgan fingerprint density at radius 2 is 2.21 bits per heavy atom. The third kappa shape index (κ3) is 2.74. The summed E-state index contributed by atoms with van der Waals surface area (Å²) in [5, 5.41) is 4.24. The molecule has 0 aromatic carbocycles. The minimum absolute atomic E-state index is 0.151. The summed E-state index contributed by atoms with van der Waals surface area (Å²) in [6.45, 7) is 4.56. The van der Waals surface area contributed by atoms with Gasteiger partial charge >= 0.3 is 0 Å². The lowest BCUT2D eigenvalue weighted by Crippen LogP contribution is -2.29. The minimum atomic E-state index is -0.151. The van der Waals surface area contributed by atoms with Crippen molar-refractivity contribution >= 4 is 0 Å². The number of nitrogens with two attached hydrogens (primary N) is 1. The van der Waals surface area contributed by atoms with Crippen LogP contribution in [0.25, 0.3) is 0 Å². The molecule has 2 aromatic heterocycles. The molecule has 0 fully saturated rings. The second kappa shape index (κ2) is 5.81. The van der Waals surface area contributed by atoms with E-state index in [1.807, 2.05) is 37.8 Å². The Hall–Kier alpha value is -1.92. The first-order valence-corrected chi connectivity index (χ1v) is 6.19. The van der Waals surface area contributed by atoms with Gasteiger partial charge in [0.25, 0.3) is 0 Å². The summed E-state index contributed by atoms with van der Waals surface area (Å²) in [6, 6.07) is 1.79. The molecule has 0 aliphatic rings. The average molecular weight is 261 g/mol. The van der Waals surface area contributed by atoms with Crippen LogP contribution in [0.15, 0.2) is 24.7 Å². The first-order chi connectivity index (χ1) is 9.17. The average Bonchev–Trinajstić information content (AvgIpc) is 2.73. The van der Waals surface area contributed by atoms with Crippen LogP contribution in [0.4, 0.5) is 0 Å². The summed E-state index contributed by atoms with van der Waals surface area (Å²) in [4.78, 5) is 4.19. The number of nitrogens with zero attached hydrogens (tertiary/aromatic N) is 3. The highest BCUT2D eigenvalue weighted by Gasteiger charge is 2.18. The second-order valence-corrected chi connectivity index (χ2v) is 4.30. The van der Waals surface area contributed by atoms with Gasteiger partial charge in [0.05, 0.1) is 25.0 Å². The number of nitrogens with one attached hydrogen (secondary N) is 1. The maximum absolute atomic E-state index is 5.68. The molecule has 1 atom stereocenters. The monoisotopic (exact) mass is 261 g/mol. The van der Waals surface area contributed by atoms with E-state index in [9.17, 15) is 0 Å². The first kappa shape index (κ1) is 13.5. The molecule has 2 aromatic rings. The first-order valence-electron chi connectivity index (χ1n) is 6.19. The van der Waals surface area contributed by atoms with Crippen molar-refractivity contribution in [3.8, 4) is 5.75 Å². The summed E-state index contributed by atoms with van der Waals surface area (Å²) in [7, 11) is 1.90. The molecule has 19 heavy (non-hydrogen) atoms. The Labute approximate surface area is 112 Å². The van der Waals surface area contributed by atoms with Crippen molar-refractivity contribution in [2.75, 3.05) is 6.61 Å². The van der Waals surface area contributed by atoms with Crippen LogP contribution < -0.4 is 16.0 Å². The van der Waals surface area contributed by atoms with Gasteiger partial charge < -0.3 is 4.74 Å². The molecular formula is C13H19N5O. The Balaban J connectivity index is 2.36. The van der Waals surface area contributed by atoms with E-state index in [1.54, 1.807) is 12.4 Å². The molecule has 2 rings (SSSR count). The maximum Gasteiger partial charge on any atom is 0.137 e. The molecule has 0 aliphatic heterocycles. The molecule has 0 saturated heterocycles. The van der Waals surface area contributed by atoms with Gasteiger partial charge in [-0.25, -0.2) is 5.43 Å². The third-order valence-electron chi connectivity index (χ3n) is 3.13. The Kier molecular flexibility index (Phi) is 4.13. The predicted octanol–water partition coefficient (Wildman–Crippen LogP) is 1.07. The van der Waals surface area contributed by atoms with Gasteiger partial charge in [-0.1, -0.05) is 0 Å². The molecule has 0 aliphatic carbocycles. The number of aromatic nitrogens is 3. The molecule has 0 amide bonds. The van der Waals surface area contributed by atoms with Gasteiger partial charge in [0, 0.05) is 24.5 Å². The topological polar surface area (TPSA) is 78.0 Å². The fraction of sp³-hybridized carbons (Fsp3) is 0.385. The minimum Gasteiger partial charge on any atom is -0.492 e. The fourth-order valence-electron chi connectivity index (χ4n) is 2.00. The van der Waals surface area contributed by atoms with E-state index in [-0.39, 0.29) is 6.04 Å². The van der Waals surface area contributed by atoms with Crippen LogP contribution in [-0.2, 0) is 7.05 Å². The van der Waals surface area contributed by atoms with Gasteiger partial charge in [0.15, 0.2) is 0 Å². The van der Waals surface area contributed by atoms with E-state index in [1.165, 1.54) is 0 Å². The van der Waals surface area contributed by atoms with Crippen molar-refractivity contribution in [1.82, 2.24) is 20.2 Å². The van der Waals surface area contributed by atoms with E-state index in [0.29, 0.717) is 6.61 Å². The van der Waals surface area contributed by atoms with Crippen LogP contribution in [0.5, 0.6) is 5.75 Å². The summed E-state index contributed by atoms with van der Waals surface area (Å²) in [5.41, 5.74) is 5.85. The van der Waals surface area contributed by atoms with Crippen LogP contribution in [0, 0.1) is 6.92 Å². The van der Waals surface area contributed by atoms with Crippen molar-refractivity contribution in [3.63, 3.8) is 0 Å². The molecule has 0 bridgehead atoms. The lowest BCUT2D eigenvalue weighted by Gasteiger charge is -2.16. The molecule has 1 unspecified atom stereocenters. The van der Waals surface area contributed by atoms with Gasteiger partial charge in [-0.15, -0.1) is 0 Å². The van der Waals surface area contributed by atoms with Crippen LogP contribution in [0.2, 0.25) is 0 Å². The van der Waals surface area contributed by atoms with E-state index in [0.717, 1.165) is 22.6 Å². The van der Waals surface area contributed by atoms with Crippen LogP contribution in [0.1, 0.15) is 29.8 Å². The van der Waals surface area contributed by atoms with Gasteiger partial charge in [0.2, 0.25) is 0 Å². The van der Waals surface area contributed by atoms with Crippen molar-refractivity contribution in [3.05, 3.63) is 41.5 Å². The SMILES string of the molecule is CCOc1cncc(C(NN)c2cnn(C)c2C)c1. The standard InChI is InChI=1S/C13H19N5O/c1-4-19-11-5-10(6-15-7-11)13(17-14)12-8-16-18(3)9(12)2/h5-8,13,17H,4,14H2,1-3H3. The predicted molar refractivity (Wildman–Crippen MR) is 72.5 cm³/mol. The zero-order chi connectivity index (χ0) is 13.8. The summed E-state index contributed by atoms with van der Waals surface area (Å²) in [6.07, 6.45) is 5.28. The van der Waals surface area contributed by atoms with E-state index in [4.69, 9.17) is 10.6 Å². The van der Waals surface area contributed by atoms with Gasteiger partial charge in [0.1, 0.15) is 5.75 Å². The van der Waals surface area contributed by atoms with Crippen molar-refractivity contribution in [1.29, 1.82) is 0 Å². The van der Waals surface area contributed by atoms with E-state index >= 15 is 0 Å². The molecule has 0 radical (unpaired) electrons. The van der Waals surface area contributed by atoms with Gasteiger partial charge in [-0.3, -0.25) is 15.5 Å². The maximum atomic E-state index is 5.68. The Morgan fingerprint density at radius 3 is 2.79 bits per heavy atom. The molecule has 0 saturated carbocycles. The summed E-state index contributed by atoms with van der Waals surface area (Å²) < 4.78 is 7.28. The highest BCUT2D eigenvalue weighted by Crippen LogP contribution is 2.25. The second-order valence-electron chi connectivity index (χ2n) is 4.30. The number of rotatable bonds is 5. The number of hydrogen-bond donors (Lipinski definition) is 2. The molecule has 2 heterocycles. The van der Waals surface area contributed by atoms with E-state index < -0.39 is 0 Å². The lowest BCUT2D eigenvalue weighted by molar-refractivity contribution is 0.338. The highest BCUT2D eigenvalue weighted by atomic mass is 16.5. The largest absolute Gasteiger partial charge is 0.492 e. The Bertz CT molecular complexity index is 552. The molecular weight excluding hydrogens is 242 g/mol. The molecule has 6 heteroatoms. The van der Waals surface area contributed by atoms with Crippen molar-refractivity contribution in [2.24, 2.45) is 12.9 Å². The van der Waals surface area contributed by atoms with Crippen molar-refractivity contribution in [2.45, 2.75) is 19.9 Å². The smallest absolute Gasteiger partial charge is 0.137 e. The molecule has 0 spiro atoms. The van der Waals surface area contributed by atoms with Crippen LogP contribution in [0.3, 0.4) is 0 Å². The van der Waals surface area contributed by atoms with Gasteiger partial charge in [-0.2, -0.15) is 5.10 Å². The zero-order valence-corrected chi connectivity index (χ0v) is 11.4. The van der Waals surface area contributed by atoms with Gasteiger partial charge in [-0.05, 0) is 25.5 Å². The summed E-state index contributed by atoms with van der Waals surface area (Å²) in [5.74, 6) is 6.42. The number of ether oxygens (including phenoxy) is 1. The number of aryl methyl sites for hydroxylation is 1. The lowest BCUT2D eigenvalue weighted by atomic mass is 10.0. The number of pyridine rings is 1.